The van der Waals surface area contributed by atoms with Crippen LogP contribution in [0.25, 0.3) is 0 Å². The molecule has 0 bridgehead atoms. The van der Waals surface area contributed by atoms with Crippen molar-refractivity contribution in [1.29, 1.82) is 0 Å². The summed E-state index contributed by atoms with van der Waals surface area (Å²) in [5.41, 5.74) is 0.658. The molecular formula is C25H46N4O4. The summed E-state index contributed by atoms with van der Waals surface area (Å²) in [5.74, 6) is 0.262. The van der Waals surface area contributed by atoms with Crippen molar-refractivity contribution < 1.29 is 19.4 Å². The molecule has 0 aliphatic carbocycles. The number of aliphatic hydroxyl groups is 1. The zero-order chi connectivity index (χ0) is 25.3. The fourth-order valence-corrected chi connectivity index (χ4v) is 2.59. The van der Waals surface area contributed by atoms with E-state index in [4.69, 9.17) is 9.84 Å². The van der Waals surface area contributed by atoms with Gasteiger partial charge in [0.2, 0.25) is 5.91 Å². The minimum absolute atomic E-state index is 0.0447. The lowest BCUT2D eigenvalue weighted by Gasteiger charge is -2.25. The number of rotatable bonds is 15. The van der Waals surface area contributed by atoms with Gasteiger partial charge in [-0.2, -0.15) is 0 Å². The molecule has 0 aliphatic heterocycles. The van der Waals surface area contributed by atoms with Crippen LogP contribution < -0.4 is 5.32 Å². The van der Waals surface area contributed by atoms with Crippen LogP contribution in [0.5, 0.6) is 0 Å². The van der Waals surface area contributed by atoms with Crippen molar-refractivity contribution in [2.75, 3.05) is 19.8 Å². The third-order valence-electron chi connectivity index (χ3n) is 4.67. The number of carbonyl (C=O) groups excluding carboxylic acids is 2. The summed E-state index contributed by atoms with van der Waals surface area (Å²) >= 11 is 0. The van der Waals surface area contributed by atoms with Crippen LogP contribution in [0, 0.1) is 11.8 Å². The highest BCUT2D eigenvalue weighted by Crippen LogP contribution is 2.14. The third-order valence-corrected chi connectivity index (χ3v) is 4.67. The Morgan fingerprint density at radius 3 is 2.45 bits per heavy atom. The lowest BCUT2D eigenvalue weighted by atomic mass is 10.1. The van der Waals surface area contributed by atoms with Crippen molar-refractivity contribution in [2.45, 2.75) is 92.7 Å². The van der Waals surface area contributed by atoms with E-state index in [1.165, 1.54) is 12.2 Å². The maximum absolute atomic E-state index is 11.7. The van der Waals surface area contributed by atoms with Crippen LogP contribution in [0.3, 0.4) is 0 Å². The van der Waals surface area contributed by atoms with Gasteiger partial charge >= 0.3 is 0 Å². The number of nitrogens with one attached hydrogen (secondary N) is 1. The highest BCUT2D eigenvalue weighted by atomic mass is 16.5. The molecule has 0 unspecified atom stereocenters. The second-order valence-corrected chi connectivity index (χ2v) is 9.56. The molecule has 190 valence electrons. The number of ketones is 1. The fraction of sp³-hybridized carbons (Fsp3) is 0.760. The molecule has 1 aromatic heterocycles. The molecule has 33 heavy (non-hydrogen) atoms. The molecule has 8 nitrogen and oxygen atoms in total. The molecule has 0 fully saturated rings. The summed E-state index contributed by atoms with van der Waals surface area (Å²) < 4.78 is 7.82. The van der Waals surface area contributed by atoms with E-state index in [0.29, 0.717) is 25.6 Å². The van der Waals surface area contributed by atoms with Gasteiger partial charge in [-0.25, -0.2) is 4.68 Å². The predicted molar refractivity (Wildman–Crippen MR) is 132 cm³/mol. The third kappa shape index (κ3) is 17.1. The summed E-state index contributed by atoms with van der Waals surface area (Å²) in [6, 6.07) is 0. The Balaban J connectivity index is 0.00000235. The highest BCUT2D eigenvalue weighted by Gasteiger charge is 2.20. The largest absolute Gasteiger partial charge is 0.396 e. The smallest absolute Gasteiger partial charge is 0.244 e. The van der Waals surface area contributed by atoms with Gasteiger partial charge in [-0.3, -0.25) is 9.59 Å². The van der Waals surface area contributed by atoms with Crippen molar-refractivity contribution in [3.05, 3.63) is 24.0 Å². The maximum atomic E-state index is 11.7. The van der Waals surface area contributed by atoms with Crippen molar-refractivity contribution in [2.24, 2.45) is 11.8 Å². The number of unbranched alkanes of at least 4 members (excludes halogenated alkanes) is 1. The normalized spacial score (nSPS) is 11.7. The second-order valence-electron chi connectivity index (χ2n) is 9.56. The molecule has 1 amide bonds. The average Bonchev–Trinajstić information content (AvgIpc) is 3.17. The number of carbonyl (C=O) groups is 2. The molecule has 0 atom stereocenters. The van der Waals surface area contributed by atoms with E-state index in [2.05, 4.69) is 43.3 Å². The monoisotopic (exact) mass is 466 g/mol. The van der Waals surface area contributed by atoms with Gasteiger partial charge in [-0.05, 0) is 57.9 Å². The highest BCUT2D eigenvalue weighted by molar-refractivity contribution is 5.98. The summed E-state index contributed by atoms with van der Waals surface area (Å²) in [6.45, 7) is 16.4. The van der Waals surface area contributed by atoms with Gasteiger partial charge in [0.15, 0.2) is 5.78 Å². The quantitative estimate of drug-likeness (QED) is 0.301. The van der Waals surface area contributed by atoms with E-state index in [0.717, 1.165) is 44.4 Å². The number of aromatic nitrogens is 3. The van der Waals surface area contributed by atoms with Gasteiger partial charge in [-0.1, -0.05) is 39.8 Å². The summed E-state index contributed by atoms with van der Waals surface area (Å²) in [5, 5.41) is 19.1. The first kappa shape index (κ1) is 30.9. The van der Waals surface area contributed by atoms with Crippen LogP contribution in [0.15, 0.2) is 18.3 Å². The lowest BCUT2D eigenvalue weighted by Crippen LogP contribution is -2.31. The molecule has 1 rings (SSSR count). The number of amides is 1. The summed E-state index contributed by atoms with van der Waals surface area (Å²) in [7, 11) is 0. The Labute approximate surface area is 200 Å². The first-order valence-corrected chi connectivity index (χ1v) is 12.1. The fourth-order valence-electron chi connectivity index (χ4n) is 2.59. The molecule has 8 heteroatoms. The van der Waals surface area contributed by atoms with E-state index in [9.17, 15) is 9.59 Å². The number of ether oxygens (including phenoxy) is 1. The second kappa shape index (κ2) is 17.4. The molecule has 2 N–H and O–H groups in total. The Morgan fingerprint density at radius 2 is 1.88 bits per heavy atom. The topological polar surface area (TPSA) is 106 Å². The Bertz CT molecular complexity index is 694. The van der Waals surface area contributed by atoms with Crippen LogP contribution in [-0.4, -0.2) is 57.2 Å². The van der Waals surface area contributed by atoms with Crippen molar-refractivity contribution in [1.82, 2.24) is 20.3 Å². The van der Waals surface area contributed by atoms with E-state index < -0.39 is 0 Å². The van der Waals surface area contributed by atoms with E-state index in [1.54, 1.807) is 0 Å². The van der Waals surface area contributed by atoms with Gasteiger partial charge in [0.1, 0.15) is 0 Å². The zero-order valence-corrected chi connectivity index (χ0v) is 21.8. The molecule has 1 aromatic rings. The minimum Gasteiger partial charge on any atom is -0.396 e. The first-order chi connectivity index (χ1) is 15.5. The molecule has 0 radical (unpaired) electrons. The van der Waals surface area contributed by atoms with Gasteiger partial charge in [0, 0.05) is 37.9 Å². The van der Waals surface area contributed by atoms with Crippen molar-refractivity contribution >= 4 is 11.7 Å². The van der Waals surface area contributed by atoms with Gasteiger partial charge < -0.3 is 15.2 Å². The summed E-state index contributed by atoms with van der Waals surface area (Å²) in [4.78, 5) is 23.1. The molecule has 0 spiro atoms. The first-order valence-electron chi connectivity index (χ1n) is 12.1. The molecule has 0 aliphatic rings. The van der Waals surface area contributed by atoms with Gasteiger partial charge in [-0.15, -0.1) is 5.10 Å². The molecule has 1 heterocycles. The van der Waals surface area contributed by atoms with Crippen LogP contribution in [-0.2, 0) is 27.3 Å². The summed E-state index contributed by atoms with van der Waals surface area (Å²) in [6.07, 6.45) is 9.09. The molecule has 0 aromatic carbocycles. The average molecular weight is 467 g/mol. The Hall–Kier alpha value is -2.06. The standard InChI is InChI=1S/C22H38N4O3.C3H8O/c1-17(2)12-14-29-22(5,6)16-26-15-19(24-25-26)9-7-8-13-23-21(28)11-10-20(27)18(3)4;1-2-3-4/h10-11,15,17-18H,7-9,12-14,16H2,1-6H3,(H,23,28);4H,2-3H2,1H3/b11-10+;. The number of aliphatic hydroxyl groups excluding tert-OH is 1. The van der Waals surface area contributed by atoms with E-state index in [-0.39, 0.29) is 23.2 Å². The number of allylic oxidation sites excluding steroid dienone is 1. The SMILES string of the molecule is CC(C)CCOC(C)(C)Cn1cc(CCCCNC(=O)/C=C/C(=O)C(C)C)nn1.CCCO. The molecule has 0 saturated carbocycles. The number of hydrogen-bond donors (Lipinski definition) is 2. The lowest BCUT2D eigenvalue weighted by molar-refractivity contribution is -0.119. The van der Waals surface area contributed by atoms with Gasteiger partial charge in [0.05, 0.1) is 17.8 Å². The Kier molecular flexibility index (Phi) is 16.3. The van der Waals surface area contributed by atoms with E-state index in [1.807, 2.05) is 31.6 Å². The number of aryl methyl sites for hydroxylation is 1. The zero-order valence-electron chi connectivity index (χ0n) is 21.8. The number of hydrogen-bond acceptors (Lipinski definition) is 6. The van der Waals surface area contributed by atoms with Gasteiger partial charge in [0.25, 0.3) is 0 Å². The van der Waals surface area contributed by atoms with Crippen LogP contribution in [0.1, 0.15) is 79.8 Å². The van der Waals surface area contributed by atoms with Crippen molar-refractivity contribution in [3.63, 3.8) is 0 Å². The van der Waals surface area contributed by atoms with Crippen molar-refractivity contribution in [3.8, 4) is 0 Å². The predicted octanol–water partition coefficient (Wildman–Crippen LogP) is 3.73. The van der Waals surface area contributed by atoms with Crippen LogP contribution in [0.4, 0.5) is 0 Å². The Morgan fingerprint density at radius 1 is 1.21 bits per heavy atom. The maximum Gasteiger partial charge on any atom is 0.244 e. The molecular weight excluding hydrogens is 420 g/mol. The van der Waals surface area contributed by atoms with Crippen LogP contribution >= 0.6 is 0 Å². The van der Waals surface area contributed by atoms with Crippen LogP contribution in [0.2, 0.25) is 0 Å². The van der Waals surface area contributed by atoms with E-state index >= 15 is 0 Å². The minimum atomic E-state index is -0.283. The number of nitrogens with zero attached hydrogens (tertiary/aromatic N) is 3. The molecule has 0 saturated heterocycles.